The van der Waals surface area contributed by atoms with E-state index in [1.54, 1.807) is 14.2 Å². The highest BCUT2D eigenvalue weighted by Crippen LogP contribution is 2.52. The average molecular weight is 292 g/mol. The minimum atomic E-state index is -2.43. The van der Waals surface area contributed by atoms with Crippen LogP contribution in [0.1, 0.15) is 41.5 Å². The summed E-state index contributed by atoms with van der Waals surface area (Å²) >= 11 is 0. The van der Waals surface area contributed by atoms with Crippen LogP contribution in [-0.4, -0.2) is 49.2 Å². The van der Waals surface area contributed by atoms with E-state index in [9.17, 15) is 0 Å². The molecule has 0 aromatic carbocycles. The zero-order valence-corrected chi connectivity index (χ0v) is 15.0. The molecule has 0 saturated carbocycles. The van der Waals surface area contributed by atoms with E-state index in [1.807, 2.05) is 0 Å². The molecule has 0 aromatic rings. The van der Waals surface area contributed by atoms with E-state index in [4.69, 9.17) is 18.3 Å². The molecule has 19 heavy (non-hydrogen) atoms. The van der Waals surface area contributed by atoms with Gasteiger partial charge in [-0.05, 0) is 0 Å². The molecule has 4 nitrogen and oxygen atoms in total. The second-order valence-electron chi connectivity index (χ2n) is 6.80. The predicted octanol–water partition coefficient (Wildman–Crippen LogP) is 3.35. The number of methoxy groups -OCH3 is 2. The standard InChI is InChI=1S/C14H32O4Si/c1-13(2,3)19(14(4,5)6,17-11-9-15-7)18-12-10-16-8/h9-12H2,1-8H3. The van der Waals surface area contributed by atoms with Crippen molar-refractivity contribution in [2.45, 2.75) is 51.6 Å². The van der Waals surface area contributed by atoms with Gasteiger partial charge < -0.3 is 18.3 Å². The molecule has 0 fully saturated rings. The van der Waals surface area contributed by atoms with E-state index in [0.717, 1.165) is 0 Å². The van der Waals surface area contributed by atoms with Crippen LogP contribution in [0.3, 0.4) is 0 Å². The zero-order chi connectivity index (χ0) is 15.2. The summed E-state index contributed by atoms with van der Waals surface area (Å²) in [7, 11) is 0.941. The molecule has 0 bridgehead atoms. The first-order valence-corrected chi connectivity index (χ1v) is 8.70. The number of hydrogen-bond donors (Lipinski definition) is 0. The SMILES string of the molecule is COCCO[Si](OCCOC)(C(C)(C)C)C(C)(C)C. The first-order chi connectivity index (χ1) is 8.62. The van der Waals surface area contributed by atoms with Crippen molar-refractivity contribution < 1.29 is 18.3 Å². The van der Waals surface area contributed by atoms with Gasteiger partial charge in [0, 0.05) is 24.3 Å². The van der Waals surface area contributed by atoms with Gasteiger partial charge in [-0.1, -0.05) is 41.5 Å². The van der Waals surface area contributed by atoms with Gasteiger partial charge in [0.15, 0.2) is 0 Å². The Kier molecular flexibility index (Phi) is 7.76. The number of rotatable bonds is 8. The summed E-state index contributed by atoms with van der Waals surface area (Å²) in [5, 5.41) is -0.0422. The minimum absolute atomic E-state index is 0.0211. The maximum Gasteiger partial charge on any atom is 0.349 e. The second kappa shape index (κ2) is 7.74. The van der Waals surface area contributed by atoms with Gasteiger partial charge in [0.1, 0.15) is 0 Å². The highest BCUT2D eigenvalue weighted by atomic mass is 28.4. The number of ether oxygens (including phenoxy) is 2. The Hall–Kier alpha value is 0.0569. The lowest BCUT2D eigenvalue weighted by Crippen LogP contribution is -2.58. The average Bonchev–Trinajstić information content (AvgIpc) is 2.24. The third kappa shape index (κ3) is 5.15. The van der Waals surface area contributed by atoms with Crippen LogP contribution in [0.5, 0.6) is 0 Å². The molecular weight excluding hydrogens is 260 g/mol. The van der Waals surface area contributed by atoms with E-state index in [1.165, 1.54) is 0 Å². The van der Waals surface area contributed by atoms with Crippen LogP contribution in [0.4, 0.5) is 0 Å². The molecular formula is C14H32O4Si. The molecule has 0 aromatic heterocycles. The van der Waals surface area contributed by atoms with Crippen molar-refractivity contribution in [3.05, 3.63) is 0 Å². The summed E-state index contributed by atoms with van der Waals surface area (Å²) in [5.74, 6) is 0. The monoisotopic (exact) mass is 292 g/mol. The predicted molar refractivity (Wildman–Crippen MR) is 80.8 cm³/mol. The molecule has 0 N–H and O–H groups in total. The Balaban J connectivity index is 5.11. The summed E-state index contributed by atoms with van der Waals surface area (Å²) in [4.78, 5) is 0. The summed E-state index contributed by atoms with van der Waals surface area (Å²) < 4.78 is 22.8. The van der Waals surface area contributed by atoms with Gasteiger partial charge in [0.25, 0.3) is 0 Å². The fourth-order valence-electron chi connectivity index (χ4n) is 2.57. The summed E-state index contributed by atoms with van der Waals surface area (Å²) in [6.07, 6.45) is 0. The normalized spacial score (nSPS) is 13.9. The molecule has 0 aliphatic carbocycles. The first-order valence-electron chi connectivity index (χ1n) is 6.88. The molecule has 0 saturated heterocycles. The van der Waals surface area contributed by atoms with Crippen LogP contribution in [0.2, 0.25) is 10.1 Å². The van der Waals surface area contributed by atoms with E-state index >= 15 is 0 Å². The first kappa shape index (κ1) is 19.1. The van der Waals surface area contributed by atoms with Crippen LogP contribution < -0.4 is 0 Å². The lowest BCUT2D eigenvalue weighted by molar-refractivity contribution is 0.0654. The van der Waals surface area contributed by atoms with Gasteiger partial charge >= 0.3 is 8.56 Å². The molecule has 116 valence electrons. The quantitative estimate of drug-likeness (QED) is 0.508. The Morgan fingerprint density at radius 3 is 1.16 bits per heavy atom. The molecule has 0 atom stereocenters. The van der Waals surface area contributed by atoms with Gasteiger partial charge in [0.05, 0.1) is 26.4 Å². The molecule has 0 amide bonds. The van der Waals surface area contributed by atoms with Crippen LogP contribution in [0.25, 0.3) is 0 Å². The summed E-state index contributed by atoms with van der Waals surface area (Å²) in [6.45, 7) is 15.5. The van der Waals surface area contributed by atoms with Gasteiger partial charge in [0.2, 0.25) is 0 Å². The molecule has 5 heteroatoms. The molecule has 0 rings (SSSR count). The van der Waals surface area contributed by atoms with Crippen molar-refractivity contribution in [3.8, 4) is 0 Å². The van der Waals surface area contributed by atoms with Crippen LogP contribution in [-0.2, 0) is 18.3 Å². The third-order valence-corrected chi connectivity index (χ3v) is 8.33. The fraction of sp³-hybridized carbons (Fsp3) is 1.00. The summed E-state index contributed by atoms with van der Waals surface area (Å²) in [5.41, 5.74) is 0. The molecule has 0 spiro atoms. The minimum Gasteiger partial charge on any atom is -0.391 e. The second-order valence-corrected chi connectivity index (χ2v) is 11.6. The van der Waals surface area contributed by atoms with E-state index in [0.29, 0.717) is 26.4 Å². The van der Waals surface area contributed by atoms with E-state index in [-0.39, 0.29) is 10.1 Å². The topological polar surface area (TPSA) is 36.9 Å². The van der Waals surface area contributed by atoms with Crippen molar-refractivity contribution in [2.75, 3.05) is 40.6 Å². The smallest absolute Gasteiger partial charge is 0.349 e. The molecule has 0 aliphatic rings. The van der Waals surface area contributed by atoms with Gasteiger partial charge in [-0.25, -0.2) is 0 Å². The van der Waals surface area contributed by atoms with Crippen LogP contribution in [0.15, 0.2) is 0 Å². The molecule has 0 unspecified atom stereocenters. The fourth-order valence-corrected chi connectivity index (χ4v) is 7.38. The van der Waals surface area contributed by atoms with Crippen molar-refractivity contribution in [1.82, 2.24) is 0 Å². The lowest BCUT2D eigenvalue weighted by Gasteiger charge is -2.49. The van der Waals surface area contributed by atoms with Gasteiger partial charge in [-0.15, -0.1) is 0 Å². The zero-order valence-electron chi connectivity index (χ0n) is 14.0. The lowest BCUT2D eigenvalue weighted by atomic mass is 10.2. The van der Waals surface area contributed by atoms with E-state index in [2.05, 4.69) is 41.5 Å². The van der Waals surface area contributed by atoms with Gasteiger partial charge in [-0.2, -0.15) is 0 Å². The number of hydrogen-bond acceptors (Lipinski definition) is 4. The van der Waals surface area contributed by atoms with Crippen molar-refractivity contribution in [1.29, 1.82) is 0 Å². The van der Waals surface area contributed by atoms with Crippen molar-refractivity contribution in [2.24, 2.45) is 0 Å². The Morgan fingerprint density at radius 2 is 0.947 bits per heavy atom. The highest BCUT2D eigenvalue weighted by molar-refractivity contribution is 6.73. The van der Waals surface area contributed by atoms with Crippen molar-refractivity contribution in [3.63, 3.8) is 0 Å². The third-order valence-electron chi connectivity index (χ3n) is 3.16. The Morgan fingerprint density at radius 1 is 0.632 bits per heavy atom. The van der Waals surface area contributed by atoms with Crippen LogP contribution >= 0.6 is 0 Å². The molecule has 0 aliphatic heterocycles. The maximum absolute atomic E-state index is 6.28. The molecule has 0 heterocycles. The van der Waals surface area contributed by atoms with Crippen molar-refractivity contribution >= 4 is 8.56 Å². The largest absolute Gasteiger partial charge is 0.391 e. The maximum atomic E-state index is 6.28. The Bertz CT molecular complexity index is 217. The highest BCUT2D eigenvalue weighted by Gasteiger charge is 2.58. The summed E-state index contributed by atoms with van der Waals surface area (Å²) in [6, 6.07) is 0. The van der Waals surface area contributed by atoms with Gasteiger partial charge in [-0.3, -0.25) is 0 Å². The van der Waals surface area contributed by atoms with Crippen LogP contribution in [0, 0.1) is 0 Å². The van der Waals surface area contributed by atoms with E-state index < -0.39 is 8.56 Å². The molecule has 0 radical (unpaired) electrons. The Labute approximate surface area is 120 Å².